The van der Waals surface area contributed by atoms with Crippen LogP contribution in [0, 0.1) is 0 Å². The van der Waals surface area contributed by atoms with E-state index in [4.69, 9.17) is 9.47 Å². The molecular formula is C24H23BrN2O4. The summed E-state index contributed by atoms with van der Waals surface area (Å²) >= 11 is 3.50. The summed E-state index contributed by atoms with van der Waals surface area (Å²) < 4.78 is 11.0. The molecule has 0 aliphatic carbocycles. The average Bonchev–Trinajstić information content (AvgIpc) is 2.80. The van der Waals surface area contributed by atoms with Gasteiger partial charge in [0, 0.05) is 10.2 Å². The Hall–Kier alpha value is -3.16. The zero-order valence-corrected chi connectivity index (χ0v) is 18.6. The van der Waals surface area contributed by atoms with Gasteiger partial charge >= 0.3 is 12.1 Å². The molecular weight excluding hydrogens is 460 g/mol. The van der Waals surface area contributed by atoms with E-state index in [1.807, 2.05) is 72.8 Å². The zero-order valence-electron chi connectivity index (χ0n) is 17.0. The second-order valence-corrected chi connectivity index (χ2v) is 7.63. The van der Waals surface area contributed by atoms with Gasteiger partial charge in [-0.15, -0.1) is 0 Å². The smallest absolute Gasteiger partial charge is 0.411 e. The highest BCUT2D eigenvalue weighted by Gasteiger charge is 2.20. The predicted molar refractivity (Wildman–Crippen MR) is 123 cm³/mol. The number of hydrogen-bond acceptors (Lipinski definition) is 5. The van der Waals surface area contributed by atoms with Gasteiger partial charge < -0.3 is 9.47 Å². The summed E-state index contributed by atoms with van der Waals surface area (Å²) in [6, 6.07) is 24.3. The van der Waals surface area contributed by atoms with Crippen LogP contribution in [0.4, 0.5) is 10.5 Å². The minimum Gasteiger partial charge on any atom is -0.468 e. The number of hydrogen-bond donors (Lipinski definition) is 2. The fourth-order valence-corrected chi connectivity index (χ4v) is 3.44. The molecule has 0 bridgehead atoms. The molecule has 3 rings (SSSR count). The Morgan fingerprint density at radius 1 is 0.968 bits per heavy atom. The zero-order chi connectivity index (χ0) is 22.1. The lowest BCUT2D eigenvalue weighted by atomic mass is 9.97. The van der Waals surface area contributed by atoms with Crippen molar-refractivity contribution in [1.82, 2.24) is 5.32 Å². The molecule has 0 heterocycles. The number of benzene rings is 3. The number of amides is 1. The number of halogens is 1. The molecule has 0 saturated carbocycles. The minimum atomic E-state index is -0.563. The van der Waals surface area contributed by atoms with Crippen LogP contribution in [0.1, 0.15) is 22.7 Å². The van der Waals surface area contributed by atoms with Gasteiger partial charge in [0.1, 0.15) is 6.61 Å². The van der Waals surface area contributed by atoms with Crippen LogP contribution in [-0.2, 0) is 20.9 Å². The van der Waals surface area contributed by atoms with Crippen LogP contribution in [-0.4, -0.2) is 25.7 Å². The third-order valence-corrected chi connectivity index (χ3v) is 5.08. The number of rotatable bonds is 8. The molecule has 2 N–H and O–H groups in total. The maximum atomic E-state index is 12.5. The number of esters is 1. The SMILES string of the molecule is COC(=O)CN[C@H](c1ccccc1)c1cc(Br)ccc1NC(=O)OCc1ccccc1. The van der Waals surface area contributed by atoms with Crippen LogP contribution < -0.4 is 10.6 Å². The molecule has 3 aromatic rings. The number of methoxy groups -OCH3 is 1. The Morgan fingerprint density at radius 3 is 2.32 bits per heavy atom. The van der Waals surface area contributed by atoms with Gasteiger partial charge in [0.05, 0.1) is 19.7 Å². The summed E-state index contributed by atoms with van der Waals surface area (Å²) in [5, 5.41) is 6.04. The van der Waals surface area contributed by atoms with Crippen molar-refractivity contribution in [3.8, 4) is 0 Å². The summed E-state index contributed by atoms with van der Waals surface area (Å²) in [5.74, 6) is -0.382. The van der Waals surface area contributed by atoms with Gasteiger partial charge in [0.25, 0.3) is 0 Å². The third-order valence-electron chi connectivity index (χ3n) is 4.59. The molecule has 3 aromatic carbocycles. The van der Waals surface area contributed by atoms with E-state index in [-0.39, 0.29) is 25.2 Å². The number of anilines is 1. The van der Waals surface area contributed by atoms with Crippen molar-refractivity contribution in [2.45, 2.75) is 12.6 Å². The van der Waals surface area contributed by atoms with Crippen LogP contribution in [0.25, 0.3) is 0 Å². The standard InChI is InChI=1S/C24H23BrN2O4/c1-30-22(28)15-26-23(18-10-6-3-7-11-18)20-14-19(25)12-13-21(20)27-24(29)31-16-17-8-4-2-5-9-17/h2-14,23,26H,15-16H2,1H3,(H,27,29)/t23-/m1/s1. The molecule has 0 spiro atoms. The van der Waals surface area contributed by atoms with Crippen LogP contribution in [0.3, 0.4) is 0 Å². The van der Waals surface area contributed by atoms with E-state index in [0.717, 1.165) is 21.2 Å². The van der Waals surface area contributed by atoms with Crippen molar-refractivity contribution in [1.29, 1.82) is 0 Å². The van der Waals surface area contributed by atoms with Crippen molar-refractivity contribution in [3.63, 3.8) is 0 Å². The third kappa shape index (κ3) is 6.67. The first-order chi connectivity index (χ1) is 15.1. The molecule has 0 saturated heterocycles. The van der Waals surface area contributed by atoms with Crippen molar-refractivity contribution < 1.29 is 19.1 Å². The average molecular weight is 483 g/mol. The first-order valence-electron chi connectivity index (χ1n) is 9.69. The van der Waals surface area contributed by atoms with E-state index in [9.17, 15) is 9.59 Å². The topological polar surface area (TPSA) is 76.7 Å². The molecule has 160 valence electrons. The molecule has 0 unspecified atom stereocenters. The van der Waals surface area contributed by atoms with Crippen LogP contribution in [0.15, 0.2) is 83.3 Å². The Kier molecular flexibility index (Phi) is 8.20. The lowest BCUT2D eigenvalue weighted by molar-refractivity contribution is -0.139. The molecule has 0 fully saturated rings. The molecule has 1 atom stereocenters. The predicted octanol–water partition coefficient (Wildman–Crippen LogP) is 5.05. The minimum absolute atomic E-state index is 0.0144. The summed E-state index contributed by atoms with van der Waals surface area (Å²) in [6.07, 6.45) is -0.563. The van der Waals surface area contributed by atoms with Crippen molar-refractivity contribution in [2.24, 2.45) is 0 Å². The van der Waals surface area contributed by atoms with Gasteiger partial charge in [0.2, 0.25) is 0 Å². The monoisotopic (exact) mass is 482 g/mol. The van der Waals surface area contributed by atoms with Crippen LogP contribution in [0.2, 0.25) is 0 Å². The van der Waals surface area contributed by atoms with Gasteiger partial charge in [-0.2, -0.15) is 0 Å². The number of ether oxygens (including phenoxy) is 2. The molecule has 0 aliphatic rings. The Bertz CT molecular complexity index is 1010. The van der Waals surface area contributed by atoms with E-state index in [2.05, 4.69) is 26.6 Å². The van der Waals surface area contributed by atoms with Crippen molar-refractivity contribution in [2.75, 3.05) is 19.0 Å². The summed E-state index contributed by atoms with van der Waals surface area (Å²) in [7, 11) is 1.34. The molecule has 1 amide bonds. The van der Waals surface area contributed by atoms with E-state index in [1.54, 1.807) is 6.07 Å². The van der Waals surface area contributed by atoms with Gasteiger partial charge in [-0.05, 0) is 34.9 Å². The Balaban J connectivity index is 1.83. The normalized spacial score (nSPS) is 11.4. The summed E-state index contributed by atoms with van der Waals surface area (Å²) in [4.78, 5) is 24.2. The molecule has 31 heavy (non-hydrogen) atoms. The molecule has 0 aliphatic heterocycles. The van der Waals surface area contributed by atoms with E-state index in [0.29, 0.717) is 5.69 Å². The number of carbonyl (C=O) groups is 2. The fraction of sp³-hybridized carbons (Fsp3) is 0.167. The molecule has 7 heteroatoms. The Morgan fingerprint density at radius 2 is 1.65 bits per heavy atom. The Labute approximate surface area is 189 Å². The summed E-state index contributed by atoms with van der Waals surface area (Å²) in [5.41, 5.74) is 3.19. The van der Waals surface area contributed by atoms with Crippen LogP contribution in [0.5, 0.6) is 0 Å². The van der Waals surface area contributed by atoms with Crippen molar-refractivity contribution >= 4 is 33.7 Å². The van der Waals surface area contributed by atoms with E-state index < -0.39 is 6.09 Å². The van der Waals surface area contributed by atoms with E-state index in [1.165, 1.54) is 7.11 Å². The molecule has 6 nitrogen and oxygen atoms in total. The second-order valence-electron chi connectivity index (χ2n) is 6.72. The highest BCUT2D eigenvalue weighted by atomic mass is 79.9. The fourth-order valence-electron chi connectivity index (χ4n) is 3.07. The largest absolute Gasteiger partial charge is 0.468 e. The lowest BCUT2D eigenvalue weighted by Crippen LogP contribution is -2.30. The van der Waals surface area contributed by atoms with Crippen LogP contribution >= 0.6 is 15.9 Å². The molecule has 0 radical (unpaired) electrons. The quantitative estimate of drug-likeness (QED) is 0.439. The van der Waals surface area contributed by atoms with Gasteiger partial charge in [-0.25, -0.2) is 4.79 Å². The summed E-state index contributed by atoms with van der Waals surface area (Å²) in [6.45, 7) is 0.182. The first-order valence-corrected chi connectivity index (χ1v) is 10.5. The van der Waals surface area contributed by atoms with Gasteiger partial charge in [0.15, 0.2) is 0 Å². The second kappa shape index (κ2) is 11.3. The number of nitrogens with one attached hydrogen (secondary N) is 2. The molecule has 0 aromatic heterocycles. The first kappa shape index (κ1) is 22.5. The maximum Gasteiger partial charge on any atom is 0.411 e. The van der Waals surface area contributed by atoms with Gasteiger partial charge in [-0.1, -0.05) is 76.6 Å². The van der Waals surface area contributed by atoms with E-state index >= 15 is 0 Å². The van der Waals surface area contributed by atoms with Gasteiger partial charge in [-0.3, -0.25) is 15.4 Å². The lowest BCUT2D eigenvalue weighted by Gasteiger charge is -2.23. The highest BCUT2D eigenvalue weighted by Crippen LogP contribution is 2.31. The van der Waals surface area contributed by atoms with Crippen molar-refractivity contribution in [3.05, 3.63) is 100 Å². The number of carbonyl (C=O) groups excluding carboxylic acids is 2. The maximum absolute atomic E-state index is 12.5. The highest BCUT2D eigenvalue weighted by molar-refractivity contribution is 9.10.